The van der Waals surface area contributed by atoms with Gasteiger partial charge in [0.15, 0.2) is 0 Å². The van der Waals surface area contributed by atoms with Crippen LogP contribution in [0.4, 0.5) is 0 Å². The third kappa shape index (κ3) is 6.00. The minimum absolute atomic E-state index is 0.0630. The van der Waals surface area contributed by atoms with Crippen LogP contribution in [-0.4, -0.2) is 36.5 Å². The second kappa shape index (κ2) is 9.19. The number of ether oxygens (including phenoxy) is 1. The van der Waals surface area contributed by atoms with Gasteiger partial charge in [-0.2, -0.15) is 0 Å². The van der Waals surface area contributed by atoms with E-state index in [1.54, 1.807) is 48.5 Å². The average molecular weight is 368 g/mol. The van der Waals surface area contributed by atoms with E-state index in [0.717, 1.165) is 5.56 Å². The number of aryl methyl sites for hydroxylation is 1. The first-order chi connectivity index (χ1) is 12.9. The lowest BCUT2D eigenvalue weighted by atomic mass is 10.1. The Morgan fingerprint density at radius 2 is 1.67 bits per heavy atom. The minimum Gasteiger partial charge on any atom is -0.497 e. The largest absolute Gasteiger partial charge is 0.497 e. The molecule has 0 saturated carbocycles. The second-order valence-electron chi connectivity index (χ2n) is 5.73. The van der Waals surface area contributed by atoms with Gasteiger partial charge in [0.2, 0.25) is 0 Å². The van der Waals surface area contributed by atoms with E-state index in [0.29, 0.717) is 16.9 Å². The highest BCUT2D eigenvalue weighted by Crippen LogP contribution is 2.14. The summed E-state index contributed by atoms with van der Waals surface area (Å²) < 4.78 is 5.08. The van der Waals surface area contributed by atoms with Gasteiger partial charge in [-0.3, -0.25) is 14.4 Å². The lowest BCUT2D eigenvalue weighted by molar-refractivity contribution is -0.137. The molecule has 3 N–H and O–H groups in total. The summed E-state index contributed by atoms with van der Waals surface area (Å²) in [5, 5.41) is 13.5. The number of amides is 2. The first-order valence-corrected chi connectivity index (χ1v) is 8.13. The van der Waals surface area contributed by atoms with Crippen LogP contribution in [0.5, 0.6) is 5.75 Å². The van der Waals surface area contributed by atoms with Crippen molar-refractivity contribution in [2.45, 2.75) is 6.92 Å². The molecule has 0 aliphatic carbocycles. The number of carboxylic acid groups (broad SMARTS) is 1. The predicted octanol–water partition coefficient (Wildman–Crippen LogP) is 1.98. The molecule has 0 bridgehead atoms. The fourth-order valence-corrected chi connectivity index (χ4v) is 2.18. The summed E-state index contributed by atoms with van der Waals surface area (Å²) in [5.41, 5.74) is 1.96. The molecule has 0 saturated heterocycles. The molecule has 0 aromatic heterocycles. The average Bonchev–Trinajstić information content (AvgIpc) is 2.66. The van der Waals surface area contributed by atoms with Crippen LogP contribution in [-0.2, 0) is 9.59 Å². The summed E-state index contributed by atoms with van der Waals surface area (Å²) in [6.45, 7) is 1.34. The topological polar surface area (TPSA) is 105 Å². The van der Waals surface area contributed by atoms with E-state index >= 15 is 0 Å². The number of carbonyl (C=O) groups excluding carboxylic acids is 2. The molecule has 2 rings (SSSR count). The van der Waals surface area contributed by atoms with Gasteiger partial charge in [0.05, 0.1) is 7.11 Å². The number of benzene rings is 2. The van der Waals surface area contributed by atoms with Crippen molar-refractivity contribution in [1.82, 2.24) is 10.6 Å². The highest BCUT2D eigenvalue weighted by molar-refractivity contribution is 6.05. The molecular formula is C20H20N2O5. The standard InChI is InChI=1S/C20H20N2O5/c1-13-3-7-15(8-4-13)19(25)22-17(20(26)21-12-18(23)24)11-14-5-9-16(27-2)10-6-14/h3-11H,12H2,1-2H3,(H,21,26)(H,22,25)(H,23,24)/b17-11-. The molecule has 0 aliphatic rings. The van der Waals surface area contributed by atoms with Crippen LogP contribution in [0, 0.1) is 6.92 Å². The van der Waals surface area contributed by atoms with Crippen LogP contribution >= 0.6 is 0 Å². The maximum Gasteiger partial charge on any atom is 0.322 e. The van der Waals surface area contributed by atoms with Crippen LogP contribution < -0.4 is 15.4 Å². The van der Waals surface area contributed by atoms with Gasteiger partial charge in [-0.25, -0.2) is 0 Å². The molecule has 2 aromatic carbocycles. The third-order valence-corrected chi connectivity index (χ3v) is 3.63. The lowest BCUT2D eigenvalue weighted by Crippen LogP contribution is -2.37. The number of rotatable bonds is 7. The number of carboxylic acids is 1. The molecule has 0 radical (unpaired) electrons. The highest BCUT2D eigenvalue weighted by atomic mass is 16.5. The van der Waals surface area contributed by atoms with Crippen molar-refractivity contribution in [2.75, 3.05) is 13.7 Å². The SMILES string of the molecule is COc1ccc(/C=C(\NC(=O)c2ccc(C)cc2)C(=O)NCC(=O)O)cc1. The second-order valence-corrected chi connectivity index (χ2v) is 5.73. The number of carbonyl (C=O) groups is 3. The van der Waals surface area contributed by atoms with Crippen LogP contribution in [0.1, 0.15) is 21.5 Å². The van der Waals surface area contributed by atoms with Gasteiger partial charge in [-0.05, 0) is 42.8 Å². The Hall–Kier alpha value is -3.61. The monoisotopic (exact) mass is 368 g/mol. The summed E-state index contributed by atoms with van der Waals surface area (Å²) in [6.07, 6.45) is 1.46. The van der Waals surface area contributed by atoms with E-state index < -0.39 is 24.3 Å². The molecule has 0 heterocycles. The summed E-state index contributed by atoms with van der Waals surface area (Å²) in [4.78, 5) is 35.4. The summed E-state index contributed by atoms with van der Waals surface area (Å²) in [7, 11) is 1.54. The minimum atomic E-state index is -1.18. The fourth-order valence-electron chi connectivity index (χ4n) is 2.18. The molecule has 140 valence electrons. The van der Waals surface area contributed by atoms with Crippen molar-refractivity contribution in [3.63, 3.8) is 0 Å². The zero-order valence-electron chi connectivity index (χ0n) is 15.0. The molecule has 2 aromatic rings. The molecule has 7 nitrogen and oxygen atoms in total. The molecule has 0 fully saturated rings. The maximum atomic E-state index is 12.4. The Morgan fingerprint density at radius 1 is 1.04 bits per heavy atom. The first kappa shape index (κ1) is 19.7. The van der Waals surface area contributed by atoms with Gasteiger partial charge in [-0.15, -0.1) is 0 Å². The molecule has 27 heavy (non-hydrogen) atoms. The molecular weight excluding hydrogens is 348 g/mol. The number of aliphatic carboxylic acids is 1. The molecule has 7 heteroatoms. The van der Waals surface area contributed by atoms with Crippen molar-refractivity contribution in [3.05, 3.63) is 70.9 Å². The normalized spacial score (nSPS) is 10.8. The van der Waals surface area contributed by atoms with Gasteiger partial charge in [0, 0.05) is 5.56 Å². The summed E-state index contributed by atoms with van der Waals surface area (Å²) >= 11 is 0. The van der Waals surface area contributed by atoms with Crippen molar-refractivity contribution < 1.29 is 24.2 Å². The van der Waals surface area contributed by atoms with Gasteiger partial charge < -0.3 is 20.5 Å². The zero-order chi connectivity index (χ0) is 19.8. The van der Waals surface area contributed by atoms with Crippen LogP contribution in [0.15, 0.2) is 54.2 Å². The number of methoxy groups -OCH3 is 1. The third-order valence-electron chi connectivity index (χ3n) is 3.63. The fraction of sp³-hybridized carbons (Fsp3) is 0.150. The van der Waals surface area contributed by atoms with Gasteiger partial charge in [0.1, 0.15) is 18.0 Å². The quantitative estimate of drug-likeness (QED) is 0.648. The van der Waals surface area contributed by atoms with E-state index in [9.17, 15) is 14.4 Å². The molecule has 0 spiro atoms. The number of hydrogen-bond donors (Lipinski definition) is 3. The van der Waals surface area contributed by atoms with E-state index in [-0.39, 0.29) is 5.70 Å². The number of hydrogen-bond acceptors (Lipinski definition) is 4. The van der Waals surface area contributed by atoms with Crippen molar-refractivity contribution in [2.24, 2.45) is 0 Å². The molecule has 0 unspecified atom stereocenters. The van der Waals surface area contributed by atoms with Crippen molar-refractivity contribution in [3.8, 4) is 5.75 Å². The van der Waals surface area contributed by atoms with E-state index in [2.05, 4.69) is 10.6 Å². The van der Waals surface area contributed by atoms with Crippen LogP contribution in [0.3, 0.4) is 0 Å². The van der Waals surface area contributed by atoms with Crippen LogP contribution in [0.2, 0.25) is 0 Å². The van der Waals surface area contributed by atoms with Gasteiger partial charge in [-0.1, -0.05) is 29.8 Å². The predicted molar refractivity (Wildman–Crippen MR) is 100 cm³/mol. The Labute approximate surface area is 156 Å². The summed E-state index contributed by atoms with van der Waals surface area (Å²) in [6, 6.07) is 13.7. The van der Waals surface area contributed by atoms with E-state index in [1.807, 2.05) is 6.92 Å². The Balaban J connectivity index is 2.26. The van der Waals surface area contributed by atoms with E-state index in [1.165, 1.54) is 13.2 Å². The van der Waals surface area contributed by atoms with Gasteiger partial charge in [0.25, 0.3) is 11.8 Å². The molecule has 2 amide bonds. The Kier molecular flexibility index (Phi) is 6.71. The molecule has 0 atom stereocenters. The van der Waals surface area contributed by atoms with Gasteiger partial charge >= 0.3 is 5.97 Å². The number of nitrogens with one attached hydrogen (secondary N) is 2. The van der Waals surface area contributed by atoms with Crippen molar-refractivity contribution in [1.29, 1.82) is 0 Å². The maximum absolute atomic E-state index is 12.4. The highest BCUT2D eigenvalue weighted by Gasteiger charge is 2.15. The summed E-state index contributed by atoms with van der Waals surface area (Å²) in [5.74, 6) is -1.71. The molecule has 0 aliphatic heterocycles. The van der Waals surface area contributed by atoms with Crippen molar-refractivity contribution >= 4 is 23.9 Å². The lowest BCUT2D eigenvalue weighted by Gasteiger charge is -2.11. The Bertz CT molecular complexity index is 855. The van der Waals surface area contributed by atoms with E-state index in [4.69, 9.17) is 9.84 Å². The van der Waals surface area contributed by atoms with Crippen LogP contribution in [0.25, 0.3) is 6.08 Å². The smallest absolute Gasteiger partial charge is 0.322 e. The Morgan fingerprint density at radius 3 is 2.22 bits per heavy atom. The first-order valence-electron chi connectivity index (χ1n) is 8.13. The zero-order valence-corrected chi connectivity index (χ0v) is 15.0.